The van der Waals surface area contributed by atoms with Crippen molar-refractivity contribution in [3.63, 3.8) is 0 Å². The van der Waals surface area contributed by atoms with Crippen molar-refractivity contribution < 1.29 is 28.6 Å². The molecule has 1 fully saturated rings. The summed E-state index contributed by atoms with van der Waals surface area (Å²) in [7, 11) is 0. The minimum Gasteiger partial charge on any atom is -0.460 e. The van der Waals surface area contributed by atoms with Crippen LogP contribution in [0.1, 0.15) is 47.1 Å². The molecule has 1 amide bonds. The van der Waals surface area contributed by atoms with Crippen LogP contribution >= 0.6 is 0 Å². The third-order valence-corrected chi connectivity index (χ3v) is 6.46. The predicted octanol–water partition coefficient (Wildman–Crippen LogP) is 1.53. The van der Waals surface area contributed by atoms with E-state index in [2.05, 4.69) is 25.6 Å². The van der Waals surface area contributed by atoms with Gasteiger partial charge in [-0.15, -0.1) is 0 Å². The van der Waals surface area contributed by atoms with Gasteiger partial charge in [0.2, 0.25) is 11.9 Å². The monoisotopic (exact) mass is 540 g/mol. The Morgan fingerprint density at radius 1 is 1.15 bits per heavy atom. The molecule has 1 saturated heterocycles. The largest absolute Gasteiger partial charge is 0.460 e. The number of hydrogen-bond donors (Lipinski definition) is 3. The Hall–Kier alpha value is -4.10. The highest BCUT2D eigenvalue weighted by Gasteiger charge is 2.27. The number of ether oxygens (including phenoxy) is 3. The summed E-state index contributed by atoms with van der Waals surface area (Å²) in [6.45, 7) is 9.40. The SMILES string of the molecule is Cc1cc(C(=O)OCC(=O)OCC2CNCC(n3cnc4c(=O)[nH]c(NC(=O)C(C)C)nc43)O2)cc(C)c1C. The van der Waals surface area contributed by atoms with Gasteiger partial charge in [-0.3, -0.25) is 24.5 Å². The Balaban J connectivity index is 1.34. The van der Waals surface area contributed by atoms with Gasteiger partial charge in [0.25, 0.3) is 5.56 Å². The number of imidazole rings is 1. The molecule has 3 heterocycles. The van der Waals surface area contributed by atoms with Crippen molar-refractivity contribution in [2.45, 2.75) is 47.0 Å². The van der Waals surface area contributed by atoms with E-state index in [-0.39, 0.29) is 35.5 Å². The number of hydrogen-bond acceptors (Lipinski definition) is 10. The van der Waals surface area contributed by atoms with Gasteiger partial charge in [-0.1, -0.05) is 13.8 Å². The van der Waals surface area contributed by atoms with Crippen LogP contribution in [0.3, 0.4) is 0 Å². The van der Waals surface area contributed by atoms with E-state index in [9.17, 15) is 19.2 Å². The van der Waals surface area contributed by atoms with Gasteiger partial charge in [0.05, 0.1) is 11.9 Å². The lowest BCUT2D eigenvalue weighted by Gasteiger charge is -2.31. The Labute approximate surface area is 224 Å². The average Bonchev–Trinajstić information content (AvgIpc) is 3.33. The van der Waals surface area contributed by atoms with E-state index in [1.54, 1.807) is 30.5 Å². The molecule has 2 unspecified atom stereocenters. The summed E-state index contributed by atoms with van der Waals surface area (Å²) in [5, 5.41) is 5.77. The summed E-state index contributed by atoms with van der Waals surface area (Å²) in [5.74, 6) is -1.90. The second kappa shape index (κ2) is 11.7. The highest BCUT2D eigenvalue weighted by molar-refractivity contribution is 5.91. The van der Waals surface area contributed by atoms with Crippen molar-refractivity contribution in [1.82, 2.24) is 24.8 Å². The maximum Gasteiger partial charge on any atom is 0.344 e. The summed E-state index contributed by atoms with van der Waals surface area (Å²) < 4.78 is 18.0. The summed E-state index contributed by atoms with van der Waals surface area (Å²) >= 11 is 0. The molecule has 1 aromatic carbocycles. The standard InChI is InChI=1S/C26H32N6O7/c1-13(2)23(34)30-26-29-22-21(24(35)31-26)28-12-32(22)19-9-27-8-18(39-19)10-37-20(33)11-38-25(36)17-6-14(3)16(5)15(4)7-17/h6-7,12-13,18-19,27H,8-11H2,1-5H3,(H2,29,30,31,34,35). The van der Waals surface area contributed by atoms with Crippen LogP contribution in [0.25, 0.3) is 11.2 Å². The summed E-state index contributed by atoms with van der Waals surface area (Å²) in [5.41, 5.74) is 3.21. The number of aromatic amines is 1. The van der Waals surface area contributed by atoms with E-state index in [1.165, 1.54) is 6.33 Å². The smallest absolute Gasteiger partial charge is 0.344 e. The number of aryl methyl sites for hydroxylation is 2. The molecule has 2 atom stereocenters. The first-order chi connectivity index (χ1) is 18.5. The third kappa shape index (κ3) is 6.49. The second-order valence-corrected chi connectivity index (χ2v) is 9.75. The molecule has 13 heteroatoms. The molecule has 39 heavy (non-hydrogen) atoms. The molecule has 0 radical (unpaired) electrons. The molecule has 0 bridgehead atoms. The Morgan fingerprint density at radius 3 is 2.56 bits per heavy atom. The van der Waals surface area contributed by atoms with Crippen molar-refractivity contribution in [2.24, 2.45) is 5.92 Å². The number of nitrogens with one attached hydrogen (secondary N) is 3. The summed E-state index contributed by atoms with van der Waals surface area (Å²) in [4.78, 5) is 60.1. The van der Waals surface area contributed by atoms with Crippen molar-refractivity contribution in [3.8, 4) is 0 Å². The number of morpholine rings is 1. The van der Waals surface area contributed by atoms with Gasteiger partial charge in [0.15, 0.2) is 17.8 Å². The number of aromatic nitrogens is 4. The summed E-state index contributed by atoms with van der Waals surface area (Å²) in [6.07, 6.45) is 0.293. The van der Waals surface area contributed by atoms with Crippen molar-refractivity contribution in [1.29, 1.82) is 0 Å². The number of benzene rings is 1. The predicted molar refractivity (Wildman–Crippen MR) is 140 cm³/mol. The molecular weight excluding hydrogens is 508 g/mol. The fourth-order valence-electron chi connectivity index (χ4n) is 3.99. The molecular formula is C26H32N6O7. The van der Waals surface area contributed by atoms with Crippen molar-refractivity contribution in [2.75, 3.05) is 31.6 Å². The second-order valence-electron chi connectivity index (χ2n) is 9.75. The van der Waals surface area contributed by atoms with E-state index >= 15 is 0 Å². The average molecular weight is 541 g/mol. The number of esters is 2. The Morgan fingerprint density at radius 2 is 1.87 bits per heavy atom. The molecule has 1 aliphatic rings. The zero-order chi connectivity index (χ0) is 28.3. The van der Waals surface area contributed by atoms with Crippen LogP contribution in [-0.2, 0) is 23.8 Å². The highest BCUT2D eigenvalue weighted by atomic mass is 16.6. The van der Waals surface area contributed by atoms with E-state index in [0.29, 0.717) is 18.7 Å². The molecule has 13 nitrogen and oxygen atoms in total. The number of anilines is 1. The lowest BCUT2D eigenvalue weighted by atomic mass is 10.0. The van der Waals surface area contributed by atoms with E-state index in [1.807, 2.05) is 20.8 Å². The highest BCUT2D eigenvalue weighted by Crippen LogP contribution is 2.20. The van der Waals surface area contributed by atoms with E-state index in [0.717, 1.165) is 16.7 Å². The molecule has 2 aromatic heterocycles. The van der Waals surface area contributed by atoms with Crippen LogP contribution in [-0.4, -0.2) is 69.8 Å². The minimum absolute atomic E-state index is 0.00713. The minimum atomic E-state index is -0.707. The van der Waals surface area contributed by atoms with Crippen LogP contribution in [0.2, 0.25) is 0 Å². The molecule has 0 spiro atoms. The zero-order valence-electron chi connectivity index (χ0n) is 22.5. The Bertz CT molecular complexity index is 1440. The lowest BCUT2D eigenvalue weighted by Crippen LogP contribution is -2.45. The van der Waals surface area contributed by atoms with Crippen LogP contribution in [0.4, 0.5) is 5.95 Å². The van der Waals surface area contributed by atoms with E-state index < -0.39 is 36.4 Å². The molecule has 208 valence electrons. The van der Waals surface area contributed by atoms with Gasteiger partial charge in [0, 0.05) is 19.0 Å². The first-order valence-electron chi connectivity index (χ1n) is 12.6. The molecule has 0 aliphatic carbocycles. The number of carbonyl (C=O) groups excluding carboxylic acids is 3. The molecule has 0 saturated carbocycles. The molecule has 1 aliphatic heterocycles. The first-order valence-corrected chi connectivity index (χ1v) is 12.6. The summed E-state index contributed by atoms with van der Waals surface area (Å²) in [6, 6.07) is 3.45. The van der Waals surface area contributed by atoms with Gasteiger partial charge in [-0.25, -0.2) is 14.6 Å². The zero-order valence-corrected chi connectivity index (χ0v) is 22.5. The number of rotatable bonds is 8. The van der Waals surface area contributed by atoms with Gasteiger partial charge >= 0.3 is 11.9 Å². The van der Waals surface area contributed by atoms with Crippen molar-refractivity contribution in [3.05, 3.63) is 51.1 Å². The van der Waals surface area contributed by atoms with Crippen LogP contribution in [0, 0.1) is 26.7 Å². The van der Waals surface area contributed by atoms with E-state index in [4.69, 9.17) is 14.2 Å². The fourth-order valence-corrected chi connectivity index (χ4v) is 3.99. The number of amides is 1. The maximum absolute atomic E-state index is 12.5. The molecule has 3 aromatic rings. The normalized spacial score (nSPS) is 17.3. The van der Waals surface area contributed by atoms with Crippen molar-refractivity contribution >= 4 is 35.0 Å². The van der Waals surface area contributed by atoms with Gasteiger partial charge in [0.1, 0.15) is 18.9 Å². The fraction of sp³-hybridized carbons (Fsp3) is 0.462. The van der Waals surface area contributed by atoms with Gasteiger partial charge < -0.3 is 19.5 Å². The number of H-pyrrole nitrogens is 1. The van der Waals surface area contributed by atoms with Gasteiger partial charge in [-0.2, -0.15) is 4.98 Å². The molecule has 4 rings (SSSR count). The van der Waals surface area contributed by atoms with Gasteiger partial charge in [-0.05, 0) is 49.6 Å². The number of nitrogens with zero attached hydrogens (tertiary/aromatic N) is 3. The number of fused-ring (bicyclic) bond motifs is 1. The maximum atomic E-state index is 12.5. The van der Waals surface area contributed by atoms with Crippen LogP contribution in [0.5, 0.6) is 0 Å². The topological polar surface area (TPSA) is 167 Å². The van der Waals surface area contributed by atoms with Crippen LogP contribution < -0.4 is 16.2 Å². The number of carbonyl (C=O) groups is 3. The lowest BCUT2D eigenvalue weighted by molar-refractivity contribution is -0.157. The quantitative estimate of drug-likeness (QED) is 0.357. The third-order valence-electron chi connectivity index (χ3n) is 6.46. The van der Waals surface area contributed by atoms with Crippen LogP contribution in [0.15, 0.2) is 23.3 Å². The Kier molecular flexibility index (Phi) is 8.41. The first kappa shape index (κ1) is 27.9. The molecule has 3 N–H and O–H groups in total.